The van der Waals surface area contributed by atoms with Crippen LogP contribution in [0.15, 0.2) is 24.4 Å². The SMILES string of the molecule is [2H]n1cc2cccc(OC)c2n1. The fourth-order valence-corrected chi connectivity index (χ4v) is 1.06. The Hall–Kier alpha value is -1.51. The van der Waals surface area contributed by atoms with Gasteiger partial charge in [-0.3, -0.25) is 5.09 Å². The van der Waals surface area contributed by atoms with Crippen LogP contribution in [0.2, 0.25) is 1.41 Å². The number of benzene rings is 1. The molecule has 0 saturated carbocycles. The second kappa shape index (κ2) is 2.27. The van der Waals surface area contributed by atoms with E-state index in [4.69, 9.17) is 6.15 Å². The van der Waals surface area contributed by atoms with Gasteiger partial charge in [-0.15, -0.1) is 0 Å². The molecule has 0 aliphatic rings. The van der Waals surface area contributed by atoms with Gasteiger partial charge in [0.15, 0.2) is 1.41 Å². The minimum absolute atomic E-state index is 0.707. The zero-order chi connectivity index (χ0) is 8.55. The van der Waals surface area contributed by atoms with Crippen molar-refractivity contribution in [3.63, 3.8) is 0 Å². The lowest BCUT2D eigenvalue weighted by atomic mass is 10.2. The van der Waals surface area contributed by atoms with E-state index in [9.17, 15) is 0 Å². The highest BCUT2D eigenvalue weighted by Crippen LogP contribution is 2.21. The largest absolute Gasteiger partial charge is 0.494 e. The summed E-state index contributed by atoms with van der Waals surface area (Å²) in [5.41, 5.74) is 0.731. The average molecular weight is 149 g/mol. The van der Waals surface area contributed by atoms with E-state index in [0.717, 1.165) is 16.0 Å². The molecule has 56 valence electrons. The fraction of sp³-hybridized carbons (Fsp3) is 0.125. The molecule has 0 saturated heterocycles. The molecule has 2 aromatic rings. The molecular formula is C8H8N2O. The van der Waals surface area contributed by atoms with E-state index in [1.807, 2.05) is 18.2 Å². The molecule has 0 radical (unpaired) electrons. The van der Waals surface area contributed by atoms with Crippen LogP contribution in [0.25, 0.3) is 10.9 Å². The molecule has 1 aromatic carbocycles. The van der Waals surface area contributed by atoms with Crippen LogP contribution in [0.5, 0.6) is 5.75 Å². The summed E-state index contributed by atoms with van der Waals surface area (Å²) in [7, 11) is 1.59. The Bertz CT molecular complexity index is 410. The van der Waals surface area contributed by atoms with Crippen LogP contribution in [0, 0.1) is 0 Å². The van der Waals surface area contributed by atoms with Crippen molar-refractivity contribution in [1.29, 1.82) is 0 Å². The number of para-hydroxylation sites is 1. The zero-order valence-electron chi connectivity index (χ0n) is 7.11. The molecule has 0 unspecified atom stereocenters. The van der Waals surface area contributed by atoms with E-state index in [0.29, 0.717) is 5.75 Å². The van der Waals surface area contributed by atoms with Crippen molar-refractivity contribution in [3.05, 3.63) is 24.4 Å². The molecule has 11 heavy (non-hydrogen) atoms. The third-order valence-electron chi connectivity index (χ3n) is 1.60. The zero-order valence-corrected chi connectivity index (χ0v) is 6.11. The van der Waals surface area contributed by atoms with Gasteiger partial charge in [0.05, 0.1) is 7.11 Å². The maximum Gasteiger partial charge on any atom is 0.189 e. The van der Waals surface area contributed by atoms with E-state index in [1.54, 1.807) is 13.3 Å². The molecule has 0 aliphatic carbocycles. The number of hydrogen-bond donors (Lipinski definition) is 1. The maximum atomic E-state index is 7.25. The quantitative estimate of drug-likeness (QED) is 0.668. The highest BCUT2D eigenvalue weighted by Gasteiger charge is 2.00. The van der Waals surface area contributed by atoms with Crippen LogP contribution in [-0.2, 0) is 0 Å². The summed E-state index contributed by atoms with van der Waals surface area (Å²) in [5, 5.41) is 5.90. The van der Waals surface area contributed by atoms with Crippen molar-refractivity contribution in [3.8, 4) is 5.75 Å². The molecule has 0 bridgehead atoms. The summed E-state index contributed by atoms with van der Waals surface area (Å²) < 4.78 is 12.3. The van der Waals surface area contributed by atoms with Gasteiger partial charge < -0.3 is 4.74 Å². The summed E-state index contributed by atoms with van der Waals surface area (Å²) in [4.78, 5) is 0. The van der Waals surface area contributed by atoms with Crippen molar-refractivity contribution in [2.24, 2.45) is 0 Å². The van der Waals surface area contributed by atoms with E-state index >= 15 is 0 Å². The fourth-order valence-electron chi connectivity index (χ4n) is 1.06. The lowest BCUT2D eigenvalue weighted by Gasteiger charge is -1.97. The Kier molecular flexibility index (Phi) is 1.07. The predicted octanol–water partition coefficient (Wildman–Crippen LogP) is 1.57. The molecule has 3 nitrogen and oxygen atoms in total. The maximum absolute atomic E-state index is 7.25. The smallest absolute Gasteiger partial charge is 0.189 e. The summed E-state index contributed by atoms with van der Waals surface area (Å²) in [5.74, 6) is 0.707. The van der Waals surface area contributed by atoms with Gasteiger partial charge in [0.2, 0.25) is 0 Å². The number of H-pyrrole nitrogens is 1. The van der Waals surface area contributed by atoms with Crippen LogP contribution in [0.3, 0.4) is 0 Å². The second-order valence-corrected chi connectivity index (χ2v) is 2.24. The lowest BCUT2D eigenvalue weighted by Crippen LogP contribution is -1.82. The summed E-state index contributed by atoms with van der Waals surface area (Å²) in [6.07, 6.45) is 1.64. The summed E-state index contributed by atoms with van der Waals surface area (Å²) >= 11 is 0. The van der Waals surface area contributed by atoms with Crippen LogP contribution in [0.4, 0.5) is 0 Å². The van der Waals surface area contributed by atoms with Crippen LogP contribution >= 0.6 is 0 Å². The third kappa shape index (κ3) is 0.852. The van der Waals surface area contributed by atoms with E-state index in [-0.39, 0.29) is 0 Å². The number of aromatic amines is 1. The number of hydrogen-bond acceptors (Lipinski definition) is 2. The Morgan fingerprint density at radius 3 is 3.36 bits per heavy atom. The van der Waals surface area contributed by atoms with Gasteiger partial charge in [-0.2, -0.15) is 5.10 Å². The molecule has 1 aromatic heterocycles. The summed E-state index contributed by atoms with van der Waals surface area (Å²) in [6, 6.07) is 5.61. The number of ether oxygens (including phenoxy) is 1. The molecule has 0 fully saturated rings. The first-order chi connectivity index (χ1) is 5.81. The highest BCUT2D eigenvalue weighted by molar-refractivity contribution is 5.83. The first-order valence-electron chi connectivity index (χ1n) is 3.77. The molecule has 2 rings (SSSR count). The molecule has 0 spiro atoms. The number of aromatic nitrogens is 2. The predicted molar refractivity (Wildman–Crippen MR) is 42.6 cm³/mol. The highest BCUT2D eigenvalue weighted by atomic mass is 16.5. The van der Waals surface area contributed by atoms with Gasteiger partial charge in [0.25, 0.3) is 0 Å². The third-order valence-corrected chi connectivity index (χ3v) is 1.60. The lowest BCUT2D eigenvalue weighted by molar-refractivity contribution is 0.419. The first kappa shape index (κ1) is 5.18. The first-order valence-corrected chi connectivity index (χ1v) is 3.33. The molecular weight excluding hydrogens is 140 g/mol. The summed E-state index contributed by atoms with van der Waals surface area (Å²) in [6.45, 7) is 0. The molecule has 3 heteroatoms. The number of nitrogens with one attached hydrogen (secondary N) is 1. The van der Waals surface area contributed by atoms with Gasteiger partial charge in [-0.25, -0.2) is 0 Å². The number of nitrogens with zero attached hydrogens (tertiary/aromatic N) is 1. The van der Waals surface area contributed by atoms with E-state index in [2.05, 4.69) is 5.10 Å². The van der Waals surface area contributed by atoms with E-state index in [1.165, 1.54) is 0 Å². The van der Waals surface area contributed by atoms with Crippen molar-refractivity contribution >= 4 is 10.9 Å². The van der Waals surface area contributed by atoms with Gasteiger partial charge in [-0.05, 0) is 6.07 Å². The number of fused-ring (bicyclic) bond motifs is 1. The molecule has 0 amide bonds. The molecule has 0 atom stereocenters. The van der Waals surface area contributed by atoms with Gasteiger partial charge >= 0.3 is 0 Å². The Balaban J connectivity index is 2.78. The standard InChI is InChI=1S/C8H8N2O/c1-11-7-4-2-3-6-5-9-10-8(6)7/h2-5H,1H3,(H,9,10)/i/hD. The van der Waals surface area contributed by atoms with Crippen molar-refractivity contribution < 1.29 is 6.15 Å². The van der Waals surface area contributed by atoms with Crippen LogP contribution < -0.4 is 4.74 Å². The minimum atomic E-state index is 0.707. The van der Waals surface area contributed by atoms with E-state index < -0.39 is 0 Å². The van der Waals surface area contributed by atoms with Crippen molar-refractivity contribution in [2.45, 2.75) is 0 Å². The Morgan fingerprint density at radius 2 is 2.55 bits per heavy atom. The van der Waals surface area contributed by atoms with Crippen LogP contribution in [0.1, 0.15) is 0 Å². The normalized spacial score (nSPS) is 11.5. The minimum Gasteiger partial charge on any atom is -0.494 e. The molecule has 1 heterocycles. The number of methoxy groups -OCH3 is 1. The van der Waals surface area contributed by atoms with Gasteiger partial charge in [0, 0.05) is 11.6 Å². The van der Waals surface area contributed by atoms with Crippen molar-refractivity contribution in [2.75, 3.05) is 7.11 Å². The number of rotatable bonds is 1. The topological polar surface area (TPSA) is 37.9 Å². The molecule has 0 aliphatic heterocycles. The Labute approximate surface area is 65.5 Å². The van der Waals surface area contributed by atoms with Crippen molar-refractivity contribution in [1.82, 2.24) is 10.2 Å². The van der Waals surface area contributed by atoms with Gasteiger partial charge in [0.1, 0.15) is 11.3 Å². The van der Waals surface area contributed by atoms with Gasteiger partial charge in [-0.1, -0.05) is 12.1 Å². The van der Waals surface area contributed by atoms with Crippen LogP contribution in [-0.4, -0.2) is 17.3 Å². The Morgan fingerprint density at radius 1 is 1.64 bits per heavy atom. The monoisotopic (exact) mass is 149 g/mol. The molecule has 1 N–H and O–H groups in total. The second-order valence-electron chi connectivity index (χ2n) is 2.24. The average Bonchev–Trinajstić information content (AvgIpc) is 2.44.